The van der Waals surface area contributed by atoms with Gasteiger partial charge in [0.05, 0.1) is 24.4 Å². The number of aromatic nitrogens is 3. The Morgan fingerprint density at radius 1 is 1.42 bits per heavy atom. The van der Waals surface area contributed by atoms with Gasteiger partial charge in [-0.15, -0.1) is 11.3 Å². The van der Waals surface area contributed by atoms with Crippen LogP contribution >= 0.6 is 11.3 Å². The Morgan fingerprint density at radius 2 is 2.25 bits per heavy atom. The van der Waals surface area contributed by atoms with E-state index < -0.39 is 5.97 Å². The number of carbonyl (C=O) groups is 2. The Balaban J connectivity index is 1.73. The van der Waals surface area contributed by atoms with E-state index in [9.17, 15) is 9.59 Å². The molecule has 2 aromatic heterocycles. The van der Waals surface area contributed by atoms with E-state index in [0.29, 0.717) is 30.3 Å². The number of aliphatic carboxylic acids is 1. The zero-order chi connectivity index (χ0) is 17.1. The standard InChI is InChI=1S/C15H19N5O3S/c1-16-15-17-12(9-24-15)14(23)19-5-2-6-20-11(8-19)7-10(18-20)3-4-13(21)22/h7,9H,2-6,8H2,1H3,(H,16,17)(H,21,22). The third-order valence-electron chi connectivity index (χ3n) is 3.88. The summed E-state index contributed by atoms with van der Waals surface area (Å²) < 4.78 is 1.88. The monoisotopic (exact) mass is 349 g/mol. The predicted octanol–water partition coefficient (Wildman–Crippen LogP) is 1.44. The third-order valence-corrected chi connectivity index (χ3v) is 4.74. The Bertz CT molecular complexity index is 754. The lowest BCUT2D eigenvalue weighted by atomic mass is 10.2. The number of thiazole rings is 1. The number of nitrogens with one attached hydrogen (secondary N) is 1. The van der Waals surface area contributed by atoms with Crippen LogP contribution < -0.4 is 5.32 Å². The summed E-state index contributed by atoms with van der Waals surface area (Å²) in [4.78, 5) is 29.4. The minimum atomic E-state index is -0.834. The normalized spacial score (nSPS) is 14.1. The van der Waals surface area contributed by atoms with Crippen molar-refractivity contribution in [3.8, 4) is 0 Å². The molecule has 0 atom stereocenters. The minimum Gasteiger partial charge on any atom is -0.481 e. The quantitative estimate of drug-likeness (QED) is 0.847. The maximum atomic E-state index is 12.6. The molecule has 0 saturated heterocycles. The fourth-order valence-corrected chi connectivity index (χ4v) is 3.35. The van der Waals surface area contributed by atoms with E-state index in [0.717, 1.165) is 24.4 Å². The van der Waals surface area contributed by atoms with Crippen molar-refractivity contribution in [1.29, 1.82) is 0 Å². The molecule has 24 heavy (non-hydrogen) atoms. The molecule has 1 aliphatic heterocycles. The Morgan fingerprint density at radius 3 is 2.96 bits per heavy atom. The van der Waals surface area contributed by atoms with Gasteiger partial charge in [0.15, 0.2) is 5.13 Å². The summed E-state index contributed by atoms with van der Waals surface area (Å²) in [6, 6.07) is 1.90. The SMILES string of the molecule is CNc1nc(C(=O)N2CCCn3nc(CCC(=O)O)cc3C2)cs1. The number of aryl methyl sites for hydroxylation is 2. The van der Waals surface area contributed by atoms with Crippen LogP contribution in [0.3, 0.4) is 0 Å². The van der Waals surface area contributed by atoms with Crippen molar-refractivity contribution in [2.24, 2.45) is 0 Å². The first-order valence-corrected chi connectivity index (χ1v) is 8.64. The van der Waals surface area contributed by atoms with Gasteiger partial charge in [-0.1, -0.05) is 0 Å². The summed E-state index contributed by atoms with van der Waals surface area (Å²) in [7, 11) is 1.77. The average molecular weight is 349 g/mol. The summed E-state index contributed by atoms with van der Waals surface area (Å²) >= 11 is 1.40. The van der Waals surface area contributed by atoms with Crippen molar-refractivity contribution < 1.29 is 14.7 Å². The summed E-state index contributed by atoms with van der Waals surface area (Å²) in [6.07, 6.45) is 1.27. The molecule has 8 nitrogen and oxygen atoms in total. The second-order valence-electron chi connectivity index (χ2n) is 5.61. The number of amides is 1. The lowest BCUT2D eigenvalue weighted by Crippen LogP contribution is -2.31. The number of carboxylic acid groups (broad SMARTS) is 1. The molecule has 0 spiro atoms. The van der Waals surface area contributed by atoms with Crippen LogP contribution in [-0.2, 0) is 24.3 Å². The summed E-state index contributed by atoms with van der Waals surface area (Å²) in [6.45, 7) is 1.84. The molecule has 0 fully saturated rings. The Kier molecular flexibility index (Phi) is 4.79. The molecule has 0 unspecified atom stereocenters. The highest BCUT2D eigenvalue weighted by molar-refractivity contribution is 7.13. The van der Waals surface area contributed by atoms with Crippen molar-refractivity contribution in [3.05, 3.63) is 28.5 Å². The fourth-order valence-electron chi connectivity index (χ4n) is 2.70. The van der Waals surface area contributed by atoms with Crippen LogP contribution in [0, 0.1) is 0 Å². The van der Waals surface area contributed by atoms with E-state index in [2.05, 4.69) is 15.4 Å². The number of hydrogen-bond acceptors (Lipinski definition) is 6. The highest BCUT2D eigenvalue weighted by Gasteiger charge is 2.23. The van der Waals surface area contributed by atoms with Gasteiger partial charge in [-0.3, -0.25) is 14.3 Å². The molecule has 2 aromatic rings. The van der Waals surface area contributed by atoms with Gasteiger partial charge >= 0.3 is 5.97 Å². The molecule has 1 aliphatic rings. The van der Waals surface area contributed by atoms with Gasteiger partial charge in [0, 0.05) is 31.9 Å². The predicted molar refractivity (Wildman–Crippen MR) is 89.2 cm³/mol. The van der Waals surface area contributed by atoms with Gasteiger partial charge in [-0.05, 0) is 12.5 Å². The first-order chi connectivity index (χ1) is 11.6. The van der Waals surface area contributed by atoms with E-state index in [1.54, 1.807) is 17.3 Å². The van der Waals surface area contributed by atoms with Crippen molar-refractivity contribution in [3.63, 3.8) is 0 Å². The van der Waals surface area contributed by atoms with E-state index >= 15 is 0 Å². The molecule has 0 aliphatic carbocycles. The van der Waals surface area contributed by atoms with Crippen LogP contribution in [0.2, 0.25) is 0 Å². The number of carboxylic acids is 1. The molecule has 0 radical (unpaired) electrons. The summed E-state index contributed by atoms with van der Waals surface area (Å²) in [5.74, 6) is -0.923. The minimum absolute atomic E-state index is 0.0602. The fraction of sp³-hybridized carbons (Fsp3) is 0.467. The molecule has 1 amide bonds. The number of carbonyl (C=O) groups excluding carboxylic acids is 1. The number of anilines is 1. The van der Waals surface area contributed by atoms with Crippen molar-refractivity contribution >= 4 is 28.3 Å². The number of hydrogen-bond donors (Lipinski definition) is 2. The van der Waals surface area contributed by atoms with Gasteiger partial charge in [-0.25, -0.2) is 4.98 Å². The van der Waals surface area contributed by atoms with Crippen LogP contribution in [0.15, 0.2) is 11.4 Å². The number of fused-ring (bicyclic) bond motifs is 1. The van der Waals surface area contributed by atoms with E-state index in [-0.39, 0.29) is 12.3 Å². The van der Waals surface area contributed by atoms with Crippen LogP contribution in [0.1, 0.15) is 34.7 Å². The molecule has 0 bridgehead atoms. The molecule has 128 valence electrons. The summed E-state index contributed by atoms with van der Waals surface area (Å²) in [5.41, 5.74) is 2.14. The van der Waals surface area contributed by atoms with Crippen LogP contribution in [0.5, 0.6) is 0 Å². The van der Waals surface area contributed by atoms with Gasteiger partial charge < -0.3 is 15.3 Å². The average Bonchev–Trinajstić information content (AvgIpc) is 3.14. The third kappa shape index (κ3) is 3.56. The molecular weight excluding hydrogens is 330 g/mol. The molecule has 0 aromatic carbocycles. The van der Waals surface area contributed by atoms with Crippen LogP contribution in [0.4, 0.5) is 5.13 Å². The lowest BCUT2D eigenvalue weighted by Gasteiger charge is -2.18. The van der Waals surface area contributed by atoms with Crippen LogP contribution in [0.25, 0.3) is 0 Å². The zero-order valence-corrected chi connectivity index (χ0v) is 14.2. The Labute approximate surface area is 143 Å². The second kappa shape index (κ2) is 7.00. The maximum Gasteiger partial charge on any atom is 0.303 e. The number of rotatable bonds is 5. The molecule has 2 N–H and O–H groups in total. The smallest absolute Gasteiger partial charge is 0.303 e. The van der Waals surface area contributed by atoms with Crippen molar-refractivity contribution in [2.45, 2.75) is 32.4 Å². The number of nitrogens with zero attached hydrogens (tertiary/aromatic N) is 4. The zero-order valence-electron chi connectivity index (χ0n) is 13.4. The van der Waals surface area contributed by atoms with Gasteiger partial charge in [0.25, 0.3) is 5.91 Å². The first kappa shape index (κ1) is 16.4. The van der Waals surface area contributed by atoms with E-state index in [1.807, 2.05) is 10.7 Å². The second-order valence-corrected chi connectivity index (χ2v) is 6.47. The Hall–Kier alpha value is -2.42. The highest BCUT2D eigenvalue weighted by Crippen LogP contribution is 2.20. The van der Waals surface area contributed by atoms with Crippen molar-refractivity contribution in [1.82, 2.24) is 19.7 Å². The first-order valence-electron chi connectivity index (χ1n) is 7.77. The molecule has 3 heterocycles. The topological polar surface area (TPSA) is 100 Å². The maximum absolute atomic E-state index is 12.6. The molecular formula is C15H19N5O3S. The summed E-state index contributed by atoms with van der Waals surface area (Å²) in [5, 5.41) is 18.7. The van der Waals surface area contributed by atoms with E-state index in [1.165, 1.54) is 11.3 Å². The van der Waals surface area contributed by atoms with Crippen molar-refractivity contribution in [2.75, 3.05) is 18.9 Å². The molecule has 9 heteroatoms. The lowest BCUT2D eigenvalue weighted by molar-refractivity contribution is -0.136. The van der Waals surface area contributed by atoms with Gasteiger partial charge in [0.2, 0.25) is 0 Å². The van der Waals surface area contributed by atoms with Gasteiger partial charge in [0.1, 0.15) is 5.69 Å². The highest BCUT2D eigenvalue weighted by atomic mass is 32.1. The molecule has 0 saturated carbocycles. The van der Waals surface area contributed by atoms with E-state index in [4.69, 9.17) is 5.11 Å². The van der Waals surface area contributed by atoms with Gasteiger partial charge in [-0.2, -0.15) is 5.10 Å². The van der Waals surface area contributed by atoms with Crippen LogP contribution in [-0.4, -0.2) is 50.2 Å². The largest absolute Gasteiger partial charge is 0.481 e. The molecule has 3 rings (SSSR count).